The molecule has 0 aliphatic rings. The van der Waals surface area contributed by atoms with Gasteiger partial charge in [-0.25, -0.2) is 0 Å². The fourth-order valence-electron chi connectivity index (χ4n) is 0.115. The Morgan fingerprint density at radius 3 is 1.46 bits per heavy atom. The van der Waals surface area contributed by atoms with Gasteiger partial charge in [-0.2, -0.15) is 10.5 Å². The first-order valence-corrected chi connectivity index (χ1v) is 4.19. The van der Waals surface area contributed by atoms with Crippen LogP contribution in [-0.2, 0) is 4.52 Å². The largest absolute Gasteiger partial charge is 0.328 e. The maximum atomic E-state index is 7.95. The van der Waals surface area contributed by atoms with Crippen molar-refractivity contribution in [2.24, 2.45) is 0 Å². The molecule has 0 aromatic carbocycles. The summed E-state index contributed by atoms with van der Waals surface area (Å²) in [6, 6.07) is 3.50. The molecule has 78 valence electrons. The van der Waals surface area contributed by atoms with Gasteiger partial charge in [0.1, 0.15) is 0 Å². The second-order valence-electron chi connectivity index (χ2n) is 1.12. The fourth-order valence-corrected chi connectivity index (χ4v) is 0.346. The molecule has 0 aliphatic carbocycles. The minimum Gasteiger partial charge on any atom is -0.328 e. The lowest BCUT2D eigenvalue weighted by Gasteiger charge is -1.95. The SMILES string of the molecule is Br.CC#N.CC#N.CCOP(O)O. The van der Waals surface area contributed by atoms with Crippen molar-refractivity contribution in [3.8, 4) is 12.1 Å². The number of nitrogens with zero attached hydrogens (tertiary/aromatic N) is 2. The molecule has 0 unspecified atom stereocenters. The Bertz CT molecular complexity index is 132. The monoisotopic (exact) mass is 272 g/mol. The molecule has 0 heterocycles. The van der Waals surface area contributed by atoms with Gasteiger partial charge in [-0.3, -0.25) is 0 Å². The Morgan fingerprint density at radius 1 is 1.23 bits per heavy atom. The van der Waals surface area contributed by atoms with E-state index in [2.05, 4.69) is 4.52 Å². The highest BCUT2D eigenvalue weighted by molar-refractivity contribution is 8.93. The van der Waals surface area contributed by atoms with Gasteiger partial charge in [0.25, 0.3) is 0 Å². The zero-order chi connectivity index (χ0) is 10.4. The zero-order valence-electron chi connectivity index (χ0n) is 7.76. The van der Waals surface area contributed by atoms with Crippen LogP contribution in [0, 0.1) is 22.7 Å². The van der Waals surface area contributed by atoms with E-state index in [4.69, 9.17) is 20.3 Å². The Hall–Kier alpha value is -0.230. The summed E-state index contributed by atoms with van der Waals surface area (Å²) in [5.41, 5.74) is 0. The molecule has 0 radical (unpaired) electrons. The molecule has 2 N–H and O–H groups in total. The summed E-state index contributed by atoms with van der Waals surface area (Å²) in [5.74, 6) is 0. The lowest BCUT2D eigenvalue weighted by atomic mass is 10.9. The molecular weight excluding hydrogens is 259 g/mol. The van der Waals surface area contributed by atoms with Crippen molar-refractivity contribution in [2.45, 2.75) is 20.8 Å². The number of nitriles is 2. The first-order valence-electron chi connectivity index (χ1n) is 3.03. The summed E-state index contributed by atoms with van der Waals surface area (Å²) in [6.07, 6.45) is 0. The molecule has 13 heavy (non-hydrogen) atoms. The maximum absolute atomic E-state index is 7.95. The third kappa shape index (κ3) is 146. The van der Waals surface area contributed by atoms with Gasteiger partial charge in [0, 0.05) is 13.8 Å². The van der Waals surface area contributed by atoms with Gasteiger partial charge >= 0.3 is 8.60 Å². The number of hydrogen-bond acceptors (Lipinski definition) is 5. The minimum atomic E-state index is -2.10. The standard InChI is InChI=1S/2C2H3N.C2H7O3P.BrH/c2*1-2-3;1-2-5-6(3)4;/h2*1H3;3-4H,2H2,1H3;1H. The highest BCUT2D eigenvalue weighted by Gasteiger charge is 1.91. The molecule has 0 spiro atoms. The van der Waals surface area contributed by atoms with E-state index in [0.29, 0.717) is 6.61 Å². The number of rotatable bonds is 2. The maximum Gasteiger partial charge on any atom is 0.327 e. The van der Waals surface area contributed by atoms with Crippen LogP contribution in [0.2, 0.25) is 0 Å². The fraction of sp³-hybridized carbons (Fsp3) is 0.667. The van der Waals surface area contributed by atoms with E-state index in [0.717, 1.165) is 0 Å². The Labute approximate surface area is 90.3 Å². The average Bonchev–Trinajstić information content (AvgIpc) is 1.89. The summed E-state index contributed by atoms with van der Waals surface area (Å²) in [6.45, 7) is 4.92. The minimum absolute atomic E-state index is 0. The number of hydrogen-bond donors (Lipinski definition) is 2. The van der Waals surface area contributed by atoms with Crippen LogP contribution >= 0.6 is 25.6 Å². The topological polar surface area (TPSA) is 97.3 Å². The van der Waals surface area contributed by atoms with Gasteiger partial charge in [0.05, 0.1) is 18.7 Å². The lowest BCUT2D eigenvalue weighted by Crippen LogP contribution is -1.78. The van der Waals surface area contributed by atoms with Crippen LogP contribution < -0.4 is 0 Å². The first kappa shape index (κ1) is 23.0. The van der Waals surface area contributed by atoms with Crippen molar-refractivity contribution in [3.05, 3.63) is 0 Å². The van der Waals surface area contributed by atoms with Gasteiger partial charge < -0.3 is 14.3 Å². The van der Waals surface area contributed by atoms with E-state index in [1.54, 1.807) is 19.1 Å². The van der Waals surface area contributed by atoms with Crippen molar-refractivity contribution in [2.75, 3.05) is 6.61 Å². The summed E-state index contributed by atoms with van der Waals surface area (Å²) in [5, 5.41) is 14.6. The van der Waals surface area contributed by atoms with Crippen LogP contribution in [0.25, 0.3) is 0 Å². The molecule has 0 atom stereocenters. The van der Waals surface area contributed by atoms with E-state index in [1.165, 1.54) is 13.8 Å². The van der Waals surface area contributed by atoms with E-state index in [9.17, 15) is 0 Å². The summed E-state index contributed by atoms with van der Waals surface area (Å²) >= 11 is 0. The molecule has 0 aliphatic heterocycles. The molecule has 0 aromatic rings. The molecule has 7 heteroatoms. The molecule has 0 fully saturated rings. The van der Waals surface area contributed by atoms with Crippen LogP contribution in [-0.4, -0.2) is 16.4 Å². The van der Waals surface area contributed by atoms with Crippen molar-refractivity contribution in [1.29, 1.82) is 10.5 Å². The third-order valence-corrected chi connectivity index (χ3v) is 0.734. The van der Waals surface area contributed by atoms with E-state index in [1.807, 2.05) is 0 Å². The van der Waals surface area contributed by atoms with Crippen molar-refractivity contribution >= 4 is 25.6 Å². The quantitative estimate of drug-likeness (QED) is 0.748. The molecule has 0 aromatic heterocycles. The number of halogens is 1. The molecular formula is C6H14BrN2O3P. The Balaban J connectivity index is -0.0000000501. The highest BCUT2D eigenvalue weighted by Crippen LogP contribution is 2.22. The normalized spacial score (nSPS) is 5.85. The summed E-state index contributed by atoms with van der Waals surface area (Å²) in [4.78, 5) is 15.9. The molecule has 0 rings (SSSR count). The summed E-state index contributed by atoms with van der Waals surface area (Å²) in [7, 11) is -2.10. The van der Waals surface area contributed by atoms with Crippen molar-refractivity contribution < 1.29 is 14.3 Å². The average molecular weight is 273 g/mol. The van der Waals surface area contributed by atoms with Crippen LogP contribution in [0.4, 0.5) is 0 Å². The zero-order valence-corrected chi connectivity index (χ0v) is 10.4. The Kier molecular flexibility index (Phi) is 52.7. The molecule has 0 bridgehead atoms. The van der Waals surface area contributed by atoms with Crippen molar-refractivity contribution in [3.63, 3.8) is 0 Å². The second kappa shape index (κ2) is 29.8. The van der Waals surface area contributed by atoms with E-state index < -0.39 is 8.60 Å². The van der Waals surface area contributed by atoms with Crippen molar-refractivity contribution in [1.82, 2.24) is 0 Å². The Morgan fingerprint density at radius 2 is 1.46 bits per heavy atom. The molecule has 0 saturated carbocycles. The van der Waals surface area contributed by atoms with Gasteiger partial charge in [0.15, 0.2) is 0 Å². The predicted octanol–water partition coefficient (Wildman–Crippen LogP) is 1.87. The molecule has 0 amide bonds. The van der Waals surface area contributed by atoms with E-state index in [-0.39, 0.29) is 17.0 Å². The van der Waals surface area contributed by atoms with Crippen LogP contribution in [0.1, 0.15) is 20.8 Å². The third-order valence-electron chi connectivity index (χ3n) is 0.245. The van der Waals surface area contributed by atoms with E-state index >= 15 is 0 Å². The molecule has 0 saturated heterocycles. The smallest absolute Gasteiger partial charge is 0.327 e. The lowest BCUT2D eigenvalue weighted by molar-refractivity contribution is 0.269. The van der Waals surface area contributed by atoms with Gasteiger partial charge in [0.2, 0.25) is 0 Å². The summed E-state index contributed by atoms with van der Waals surface area (Å²) < 4.78 is 4.22. The predicted molar refractivity (Wildman–Crippen MR) is 55.9 cm³/mol. The first-order chi connectivity index (χ1) is 5.60. The van der Waals surface area contributed by atoms with Crippen LogP contribution in [0.3, 0.4) is 0 Å². The second-order valence-corrected chi connectivity index (χ2v) is 1.88. The van der Waals surface area contributed by atoms with Crippen LogP contribution in [0.15, 0.2) is 0 Å². The van der Waals surface area contributed by atoms with Gasteiger partial charge in [-0.05, 0) is 6.92 Å². The molecule has 5 nitrogen and oxygen atoms in total. The van der Waals surface area contributed by atoms with Gasteiger partial charge in [-0.15, -0.1) is 17.0 Å². The highest BCUT2D eigenvalue weighted by atomic mass is 79.9. The van der Waals surface area contributed by atoms with Crippen LogP contribution in [0.5, 0.6) is 0 Å². The van der Waals surface area contributed by atoms with Gasteiger partial charge in [-0.1, -0.05) is 0 Å².